The van der Waals surface area contributed by atoms with Gasteiger partial charge >= 0.3 is 12.1 Å². The molecule has 0 aliphatic rings. The third-order valence-electron chi connectivity index (χ3n) is 3.65. The van der Waals surface area contributed by atoms with E-state index < -0.39 is 12.1 Å². The fourth-order valence-electron chi connectivity index (χ4n) is 2.34. The first-order valence-electron chi connectivity index (χ1n) is 8.22. The second-order valence-corrected chi connectivity index (χ2v) is 5.74. The monoisotopic (exact) mass is 355 g/mol. The lowest BCUT2D eigenvalue weighted by molar-refractivity contribution is 0.0474. The first-order valence-corrected chi connectivity index (χ1v) is 8.22. The van der Waals surface area contributed by atoms with Crippen molar-refractivity contribution in [2.45, 2.75) is 20.8 Å². The molecule has 0 saturated heterocycles. The van der Waals surface area contributed by atoms with Gasteiger partial charge in [-0.2, -0.15) is 0 Å². The highest BCUT2D eigenvalue weighted by Gasteiger charge is 2.14. The Hall–Kier alpha value is -3.15. The number of Topliss-reactive ketones (excluding diaryl/α,β-unsaturated/α-hetero) is 1. The number of nitrogens with one attached hydrogen (secondary N) is 1. The predicted octanol–water partition coefficient (Wildman–Crippen LogP) is 3.91. The molecule has 26 heavy (non-hydrogen) atoms. The fourth-order valence-corrected chi connectivity index (χ4v) is 2.34. The lowest BCUT2D eigenvalue weighted by Gasteiger charge is -2.09. The van der Waals surface area contributed by atoms with Crippen LogP contribution < -0.4 is 5.32 Å². The van der Waals surface area contributed by atoms with Crippen LogP contribution in [-0.2, 0) is 9.47 Å². The molecule has 136 valence electrons. The lowest BCUT2D eigenvalue weighted by atomic mass is 10.0. The number of amides is 1. The number of carbonyl (C=O) groups is 3. The maximum absolute atomic E-state index is 12.3. The number of rotatable bonds is 6. The van der Waals surface area contributed by atoms with Gasteiger partial charge < -0.3 is 9.47 Å². The zero-order chi connectivity index (χ0) is 19.1. The van der Waals surface area contributed by atoms with Gasteiger partial charge in [0, 0.05) is 11.3 Å². The van der Waals surface area contributed by atoms with Gasteiger partial charge in [0.05, 0.1) is 12.2 Å². The minimum absolute atomic E-state index is 0.230. The largest absolute Gasteiger partial charge is 0.454 e. The van der Waals surface area contributed by atoms with Crippen molar-refractivity contribution in [1.29, 1.82) is 0 Å². The van der Waals surface area contributed by atoms with Gasteiger partial charge in [-0.25, -0.2) is 9.59 Å². The molecule has 2 aromatic rings. The van der Waals surface area contributed by atoms with Gasteiger partial charge in [0.2, 0.25) is 5.78 Å². The van der Waals surface area contributed by atoms with Crippen LogP contribution in [0.5, 0.6) is 0 Å². The Bertz CT molecular complexity index is 829. The number of hydrogen-bond donors (Lipinski definition) is 1. The van der Waals surface area contributed by atoms with E-state index in [0.717, 1.165) is 11.1 Å². The van der Waals surface area contributed by atoms with Crippen LogP contribution in [-0.4, -0.2) is 31.1 Å². The molecule has 0 saturated carbocycles. The molecule has 0 heterocycles. The first-order chi connectivity index (χ1) is 12.4. The van der Waals surface area contributed by atoms with Crippen molar-refractivity contribution in [2.24, 2.45) is 0 Å². The Balaban J connectivity index is 2.00. The van der Waals surface area contributed by atoms with Gasteiger partial charge in [0.25, 0.3) is 0 Å². The van der Waals surface area contributed by atoms with Crippen LogP contribution >= 0.6 is 0 Å². The highest BCUT2D eigenvalue weighted by molar-refractivity contribution is 6.00. The Kier molecular flexibility index (Phi) is 6.49. The van der Waals surface area contributed by atoms with Gasteiger partial charge in [-0.15, -0.1) is 0 Å². The van der Waals surface area contributed by atoms with Crippen LogP contribution in [0, 0.1) is 13.8 Å². The zero-order valence-corrected chi connectivity index (χ0v) is 15.0. The number of anilines is 1. The average Bonchev–Trinajstić information content (AvgIpc) is 2.61. The summed E-state index contributed by atoms with van der Waals surface area (Å²) in [6.45, 7) is 5.32. The van der Waals surface area contributed by atoms with E-state index in [1.54, 1.807) is 31.2 Å². The average molecular weight is 355 g/mol. The minimum atomic E-state index is -0.642. The number of aryl methyl sites for hydroxylation is 2. The summed E-state index contributed by atoms with van der Waals surface area (Å²) in [5.41, 5.74) is 2.96. The summed E-state index contributed by atoms with van der Waals surface area (Å²) in [7, 11) is 0. The van der Waals surface area contributed by atoms with Gasteiger partial charge in [-0.05, 0) is 50.6 Å². The van der Waals surface area contributed by atoms with E-state index in [4.69, 9.17) is 9.47 Å². The van der Waals surface area contributed by atoms with Crippen LogP contribution in [0.2, 0.25) is 0 Å². The summed E-state index contributed by atoms with van der Waals surface area (Å²) in [4.78, 5) is 35.9. The molecule has 6 nitrogen and oxygen atoms in total. The molecule has 0 spiro atoms. The maximum Gasteiger partial charge on any atom is 0.411 e. The van der Waals surface area contributed by atoms with Gasteiger partial charge in [0.15, 0.2) is 6.61 Å². The number of benzene rings is 2. The molecule has 0 unspecified atom stereocenters. The van der Waals surface area contributed by atoms with E-state index in [1.807, 2.05) is 26.0 Å². The molecule has 1 N–H and O–H groups in total. The summed E-state index contributed by atoms with van der Waals surface area (Å²) in [5.74, 6) is -0.906. The van der Waals surface area contributed by atoms with Crippen LogP contribution in [0.25, 0.3) is 0 Å². The summed E-state index contributed by atoms with van der Waals surface area (Å²) < 4.78 is 9.90. The normalized spacial score (nSPS) is 10.1. The highest BCUT2D eigenvalue weighted by Crippen LogP contribution is 2.14. The van der Waals surface area contributed by atoms with Crippen molar-refractivity contribution in [3.8, 4) is 0 Å². The Labute approximate surface area is 152 Å². The van der Waals surface area contributed by atoms with Crippen LogP contribution in [0.15, 0.2) is 42.5 Å². The van der Waals surface area contributed by atoms with E-state index in [-0.39, 0.29) is 24.6 Å². The quantitative estimate of drug-likeness (QED) is 0.627. The highest BCUT2D eigenvalue weighted by atomic mass is 16.5. The first kappa shape index (κ1) is 19.2. The number of ketones is 1. The van der Waals surface area contributed by atoms with Crippen LogP contribution in [0.1, 0.15) is 38.8 Å². The van der Waals surface area contributed by atoms with Crippen molar-refractivity contribution in [2.75, 3.05) is 18.5 Å². The topological polar surface area (TPSA) is 81.7 Å². The summed E-state index contributed by atoms with van der Waals surface area (Å²) in [6.07, 6.45) is -0.608. The second-order valence-electron chi connectivity index (χ2n) is 5.74. The van der Waals surface area contributed by atoms with Gasteiger partial charge in [-0.3, -0.25) is 10.1 Å². The van der Waals surface area contributed by atoms with Crippen molar-refractivity contribution >= 4 is 23.5 Å². The van der Waals surface area contributed by atoms with E-state index >= 15 is 0 Å². The molecule has 0 radical (unpaired) electrons. The molecule has 2 aromatic carbocycles. The smallest absolute Gasteiger partial charge is 0.411 e. The minimum Gasteiger partial charge on any atom is -0.454 e. The van der Waals surface area contributed by atoms with E-state index in [0.29, 0.717) is 11.3 Å². The molecule has 0 aliphatic carbocycles. The summed E-state index contributed by atoms with van der Waals surface area (Å²) in [5, 5.41) is 2.51. The second kappa shape index (κ2) is 8.80. The number of esters is 1. The van der Waals surface area contributed by atoms with Crippen molar-refractivity contribution < 1.29 is 23.9 Å². The van der Waals surface area contributed by atoms with Gasteiger partial charge in [-0.1, -0.05) is 23.8 Å². The van der Waals surface area contributed by atoms with E-state index in [1.165, 1.54) is 6.07 Å². The lowest BCUT2D eigenvalue weighted by Crippen LogP contribution is -2.16. The van der Waals surface area contributed by atoms with Crippen molar-refractivity contribution in [3.63, 3.8) is 0 Å². The predicted molar refractivity (Wildman–Crippen MR) is 97.6 cm³/mol. The van der Waals surface area contributed by atoms with E-state index in [9.17, 15) is 14.4 Å². The van der Waals surface area contributed by atoms with Crippen LogP contribution in [0.4, 0.5) is 10.5 Å². The molecule has 0 aromatic heterocycles. The van der Waals surface area contributed by atoms with E-state index in [2.05, 4.69) is 5.32 Å². The molecule has 0 aliphatic heterocycles. The third kappa shape index (κ3) is 5.17. The molecule has 0 bridgehead atoms. The number of ether oxygens (including phenoxy) is 2. The molecule has 6 heteroatoms. The maximum atomic E-state index is 12.3. The fraction of sp³-hybridized carbons (Fsp3) is 0.250. The zero-order valence-electron chi connectivity index (χ0n) is 15.0. The standard InChI is InChI=1S/C20H21NO5/c1-4-25-20(24)21-16-7-5-6-15(11-16)19(23)26-12-18(22)17-10-13(2)8-9-14(17)3/h5-11H,4,12H2,1-3H3,(H,21,24). The Morgan fingerprint density at radius 1 is 1.00 bits per heavy atom. The molecular weight excluding hydrogens is 334 g/mol. The number of hydrogen-bond acceptors (Lipinski definition) is 5. The molecule has 2 rings (SSSR count). The molecule has 0 atom stereocenters. The SMILES string of the molecule is CCOC(=O)Nc1cccc(C(=O)OCC(=O)c2cc(C)ccc2C)c1. The molecular formula is C20H21NO5. The third-order valence-corrected chi connectivity index (χ3v) is 3.65. The Morgan fingerprint density at radius 3 is 2.50 bits per heavy atom. The number of carbonyl (C=O) groups excluding carboxylic acids is 3. The Morgan fingerprint density at radius 2 is 1.77 bits per heavy atom. The van der Waals surface area contributed by atoms with Crippen molar-refractivity contribution in [3.05, 3.63) is 64.7 Å². The van der Waals surface area contributed by atoms with Crippen molar-refractivity contribution in [1.82, 2.24) is 0 Å². The summed E-state index contributed by atoms with van der Waals surface area (Å²) in [6, 6.07) is 11.8. The molecule has 1 amide bonds. The van der Waals surface area contributed by atoms with Crippen LogP contribution in [0.3, 0.4) is 0 Å². The summed E-state index contributed by atoms with van der Waals surface area (Å²) >= 11 is 0. The molecule has 0 fully saturated rings. The van der Waals surface area contributed by atoms with Gasteiger partial charge in [0.1, 0.15) is 0 Å².